The molecule has 0 saturated carbocycles. The Morgan fingerprint density at radius 3 is 2.10 bits per heavy atom. The molecule has 2 aromatic carbocycles. The van der Waals surface area contributed by atoms with Crippen molar-refractivity contribution in [1.29, 1.82) is 0 Å². The summed E-state index contributed by atoms with van der Waals surface area (Å²) >= 11 is 0. The number of anilines is 5. The third-order valence-electron chi connectivity index (χ3n) is 3.88. The van der Waals surface area contributed by atoms with Gasteiger partial charge in [0.05, 0.1) is 5.42 Å². The Labute approximate surface area is 169 Å². The van der Waals surface area contributed by atoms with Gasteiger partial charge in [-0.05, 0) is 24.3 Å². The van der Waals surface area contributed by atoms with Gasteiger partial charge >= 0.3 is 0 Å². The average Bonchev–Trinajstić information content (AvgIpc) is 3.09. The highest BCUT2D eigenvalue weighted by atomic mass is 31.0. The second-order valence-corrected chi connectivity index (χ2v) is 6.57. The molecule has 0 bridgehead atoms. The second-order valence-electron chi connectivity index (χ2n) is 6.04. The predicted octanol–water partition coefficient (Wildman–Crippen LogP) is 2.71. The fourth-order valence-corrected chi connectivity index (χ4v) is 2.70. The fraction of sp³-hybridized carbons (Fsp3) is 0. The normalized spacial score (nSPS) is 10.5. The van der Waals surface area contributed by atoms with Crippen LogP contribution in [0.2, 0.25) is 0 Å². The van der Waals surface area contributed by atoms with Crippen molar-refractivity contribution in [2.24, 2.45) is 5.73 Å². The van der Waals surface area contributed by atoms with E-state index in [1.54, 1.807) is 6.07 Å². The first-order valence-corrected chi connectivity index (χ1v) is 9.19. The number of benzene rings is 2. The van der Waals surface area contributed by atoms with Crippen LogP contribution in [0.1, 0.15) is 5.82 Å². The van der Waals surface area contributed by atoms with Crippen molar-refractivity contribution in [3.8, 4) is 5.82 Å². The number of nitrogens with two attached hydrogens (primary N) is 2. The number of rotatable bonds is 6. The van der Waals surface area contributed by atoms with Crippen LogP contribution >= 0.6 is 8.86 Å². The molecule has 2 aromatic heterocycles. The summed E-state index contributed by atoms with van der Waals surface area (Å²) in [5.41, 5.74) is 13.9. The predicted molar refractivity (Wildman–Crippen MR) is 117 cm³/mol. The first kappa shape index (κ1) is 18.5. The zero-order valence-corrected chi connectivity index (χ0v) is 16.2. The van der Waals surface area contributed by atoms with Crippen molar-refractivity contribution in [2.75, 3.05) is 16.4 Å². The van der Waals surface area contributed by atoms with Gasteiger partial charge < -0.3 is 16.4 Å². The maximum absolute atomic E-state index is 6.07. The molecule has 144 valence electrons. The SMILES string of the molecule is NC(=P)c1nc(Nc2ccccc2)cc(-n2nc(Nc3ccccc3)nc2N)n1. The first-order valence-electron chi connectivity index (χ1n) is 8.69. The van der Waals surface area contributed by atoms with E-state index in [1.807, 2.05) is 60.7 Å². The molecule has 9 nitrogen and oxygen atoms in total. The van der Waals surface area contributed by atoms with E-state index in [-0.39, 0.29) is 11.4 Å². The Kier molecular flexibility index (Phi) is 5.15. The van der Waals surface area contributed by atoms with Gasteiger partial charge in [0.15, 0.2) is 11.6 Å². The maximum atomic E-state index is 6.07. The Morgan fingerprint density at radius 2 is 1.48 bits per heavy atom. The third kappa shape index (κ3) is 4.37. The molecule has 2 heterocycles. The monoisotopic (exact) mass is 403 g/mol. The third-order valence-corrected chi connectivity index (χ3v) is 4.10. The highest BCUT2D eigenvalue weighted by Gasteiger charge is 2.14. The summed E-state index contributed by atoms with van der Waals surface area (Å²) < 4.78 is 1.42. The number of hydrogen-bond acceptors (Lipinski definition) is 7. The summed E-state index contributed by atoms with van der Waals surface area (Å²) in [6.45, 7) is 0. The Hall–Kier alpha value is -3.81. The van der Waals surface area contributed by atoms with Crippen molar-refractivity contribution in [2.45, 2.75) is 0 Å². The van der Waals surface area contributed by atoms with Crippen LogP contribution < -0.4 is 22.1 Å². The van der Waals surface area contributed by atoms with Crippen LogP contribution in [0.5, 0.6) is 0 Å². The van der Waals surface area contributed by atoms with Gasteiger partial charge in [-0.3, -0.25) is 5.73 Å². The van der Waals surface area contributed by atoms with Crippen molar-refractivity contribution in [1.82, 2.24) is 24.7 Å². The molecule has 6 N–H and O–H groups in total. The van der Waals surface area contributed by atoms with Gasteiger partial charge in [-0.2, -0.15) is 9.67 Å². The van der Waals surface area contributed by atoms with E-state index in [0.29, 0.717) is 23.4 Å². The van der Waals surface area contributed by atoms with E-state index in [2.05, 4.69) is 39.5 Å². The van der Waals surface area contributed by atoms with Crippen molar-refractivity contribution in [3.05, 3.63) is 72.6 Å². The standard InChI is InChI=1S/C19H18N9P/c20-16(29)17-24-14(22-12-7-3-1-4-8-12)11-15(25-17)28-18(21)26-19(27-28)23-13-9-5-2-6-10-13/h1-11,29H,20H2,(H,22,24,25)(H3,21,23,26,27). The highest BCUT2D eigenvalue weighted by molar-refractivity contribution is 7.21. The van der Waals surface area contributed by atoms with Gasteiger partial charge in [-0.25, -0.2) is 9.97 Å². The zero-order chi connectivity index (χ0) is 20.2. The van der Waals surface area contributed by atoms with Gasteiger partial charge in [-0.1, -0.05) is 45.3 Å². The van der Waals surface area contributed by atoms with Crippen LogP contribution in [0.3, 0.4) is 0 Å². The molecule has 0 spiro atoms. The lowest BCUT2D eigenvalue weighted by Crippen LogP contribution is -2.17. The molecule has 0 aliphatic heterocycles. The van der Waals surface area contributed by atoms with Crippen LogP contribution in [0.4, 0.5) is 29.1 Å². The molecule has 0 atom stereocenters. The van der Waals surface area contributed by atoms with Crippen molar-refractivity contribution < 1.29 is 0 Å². The molecule has 0 fully saturated rings. The number of hydrogen-bond donors (Lipinski definition) is 4. The lowest BCUT2D eigenvalue weighted by Gasteiger charge is -2.10. The van der Waals surface area contributed by atoms with E-state index in [4.69, 9.17) is 11.5 Å². The average molecular weight is 403 g/mol. The molecular weight excluding hydrogens is 385 g/mol. The summed E-state index contributed by atoms with van der Waals surface area (Å²) in [5.74, 6) is 1.77. The molecule has 0 radical (unpaired) electrons. The lowest BCUT2D eigenvalue weighted by molar-refractivity contribution is 0.850. The summed E-state index contributed by atoms with van der Waals surface area (Å²) in [7, 11) is 3.28. The van der Waals surface area contributed by atoms with Crippen molar-refractivity contribution >= 4 is 43.4 Å². The maximum Gasteiger partial charge on any atom is 0.248 e. The molecule has 0 aliphatic carbocycles. The van der Waals surface area contributed by atoms with Gasteiger partial charge in [0.25, 0.3) is 0 Å². The molecule has 4 rings (SSSR count). The van der Waals surface area contributed by atoms with Crippen molar-refractivity contribution in [3.63, 3.8) is 0 Å². The quantitative estimate of drug-likeness (QED) is 0.361. The Balaban J connectivity index is 1.69. The Morgan fingerprint density at radius 1 is 0.862 bits per heavy atom. The van der Waals surface area contributed by atoms with E-state index < -0.39 is 0 Å². The van der Waals surface area contributed by atoms with Crippen LogP contribution in [-0.2, 0) is 0 Å². The summed E-state index contributed by atoms with van der Waals surface area (Å²) in [6, 6.07) is 20.9. The highest BCUT2D eigenvalue weighted by Crippen LogP contribution is 2.20. The number of nitrogen functional groups attached to an aromatic ring is 1. The molecular formula is C19H18N9P. The van der Waals surface area contributed by atoms with Gasteiger partial charge in [0.1, 0.15) is 5.82 Å². The molecule has 0 aliphatic rings. The topological polar surface area (TPSA) is 133 Å². The molecule has 4 aromatic rings. The van der Waals surface area contributed by atoms with E-state index in [1.165, 1.54) is 4.68 Å². The second kappa shape index (κ2) is 8.05. The van der Waals surface area contributed by atoms with E-state index in [0.717, 1.165) is 11.4 Å². The minimum Gasteiger partial charge on any atom is -0.368 e. The summed E-state index contributed by atoms with van der Waals surface area (Å²) in [5, 5.41) is 10.7. The van der Waals surface area contributed by atoms with Crippen LogP contribution in [0.15, 0.2) is 66.7 Å². The van der Waals surface area contributed by atoms with E-state index >= 15 is 0 Å². The van der Waals surface area contributed by atoms with Crippen LogP contribution in [0.25, 0.3) is 5.82 Å². The number of nitrogens with zero attached hydrogens (tertiary/aromatic N) is 5. The van der Waals surface area contributed by atoms with Gasteiger partial charge in [0, 0.05) is 17.4 Å². The molecule has 29 heavy (non-hydrogen) atoms. The lowest BCUT2D eigenvalue weighted by atomic mass is 10.3. The minimum atomic E-state index is 0.172. The van der Waals surface area contributed by atoms with Gasteiger partial charge in [-0.15, -0.1) is 5.10 Å². The Bertz CT molecular complexity index is 1140. The number of nitrogens with one attached hydrogen (secondary N) is 2. The molecule has 0 saturated heterocycles. The smallest absolute Gasteiger partial charge is 0.248 e. The van der Waals surface area contributed by atoms with Crippen LogP contribution in [-0.4, -0.2) is 30.1 Å². The number of aromatic nitrogens is 5. The molecule has 10 heteroatoms. The number of para-hydroxylation sites is 2. The molecule has 0 unspecified atom stereocenters. The fourth-order valence-electron chi connectivity index (χ4n) is 2.59. The first-order chi connectivity index (χ1) is 14.1. The minimum absolute atomic E-state index is 0.172. The van der Waals surface area contributed by atoms with Gasteiger partial charge in [0.2, 0.25) is 11.9 Å². The molecule has 0 amide bonds. The largest absolute Gasteiger partial charge is 0.368 e. The zero-order valence-electron chi connectivity index (χ0n) is 15.2. The van der Waals surface area contributed by atoms with E-state index in [9.17, 15) is 0 Å². The summed E-state index contributed by atoms with van der Waals surface area (Å²) in [4.78, 5) is 13.1. The van der Waals surface area contributed by atoms with Crippen LogP contribution in [0, 0.1) is 0 Å². The summed E-state index contributed by atoms with van der Waals surface area (Å²) in [6.07, 6.45) is 0.